The summed E-state index contributed by atoms with van der Waals surface area (Å²) < 4.78 is 4.89. The van der Waals surface area contributed by atoms with E-state index in [4.69, 9.17) is 14.7 Å². The van der Waals surface area contributed by atoms with Crippen molar-refractivity contribution in [1.29, 1.82) is 0 Å². The van der Waals surface area contributed by atoms with E-state index in [1.54, 1.807) is 13.8 Å². The monoisotopic (exact) mass is 159 g/mol. The van der Waals surface area contributed by atoms with Crippen LogP contribution < -0.4 is 0 Å². The van der Waals surface area contributed by atoms with Crippen LogP contribution in [0.5, 0.6) is 0 Å². The van der Waals surface area contributed by atoms with Crippen LogP contribution in [0, 0.1) is 0 Å². The Morgan fingerprint density at radius 1 is 1.73 bits per heavy atom. The van der Waals surface area contributed by atoms with E-state index in [1.165, 1.54) is 0 Å². The third-order valence-corrected chi connectivity index (χ3v) is 1.31. The van der Waals surface area contributed by atoms with Crippen LogP contribution in [-0.4, -0.2) is 29.2 Å². The number of carboxylic acids is 1. The van der Waals surface area contributed by atoms with Gasteiger partial charge in [-0.2, -0.15) is 0 Å². The van der Waals surface area contributed by atoms with Crippen LogP contribution in [0.1, 0.15) is 13.8 Å². The van der Waals surface area contributed by atoms with Gasteiger partial charge in [-0.25, -0.2) is 4.79 Å². The number of hydrogen-bond acceptors (Lipinski definition) is 4. The molecule has 0 bridgehead atoms. The van der Waals surface area contributed by atoms with Crippen molar-refractivity contribution >= 4 is 11.9 Å². The van der Waals surface area contributed by atoms with Gasteiger partial charge in [0.05, 0.1) is 0 Å². The third kappa shape index (κ3) is 1.60. The number of carbonyl (C=O) groups is 1. The first kappa shape index (κ1) is 7.84. The first-order valence-electron chi connectivity index (χ1n) is 3.21. The highest BCUT2D eigenvalue weighted by Crippen LogP contribution is 2.10. The van der Waals surface area contributed by atoms with Gasteiger partial charge in [0.2, 0.25) is 12.0 Å². The average Bonchev–Trinajstić information content (AvgIpc) is 1.94. The Hall–Kier alpha value is -1.26. The maximum absolute atomic E-state index is 10.5. The van der Waals surface area contributed by atoms with Crippen molar-refractivity contribution in [2.75, 3.05) is 0 Å². The van der Waals surface area contributed by atoms with Crippen molar-refractivity contribution in [3.8, 4) is 0 Å². The van der Waals surface area contributed by atoms with Gasteiger partial charge in [-0.3, -0.25) is 0 Å². The van der Waals surface area contributed by atoms with Gasteiger partial charge in [0, 0.05) is 6.92 Å². The summed E-state index contributed by atoms with van der Waals surface area (Å²) in [6.45, 7) is 3.14. The molecule has 0 aromatic carbocycles. The van der Waals surface area contributed by atoms with Crippen LogP contribution in [0.15, 0.2) is 5.16 Å². The van der Waals surface area contributed by atoms with Crippen LogP contribution in [-0.2, 0) is 14.4 Å². The van der Waals surface area contributed by atoms with Gasteiger partial charge in [-0.15, -0.1) is 0 Å². The Labute approximate surface area is 63.6 Å². The van der Waals surface area contributed by atoms with Gasteiger partial charge < -0.3 is 14.7 Å². The van der Waals surface area contributed by atoms with Gasteiger partial charge in [-0.05, 0) is 6.92 Å². The summed E-state index contributed by atoms with van der Waals surface area (Å²) in [7, 11) is 0. The zero-order valence-corrected chi connectivity index (χ0v) is 6.27. The number of nitrogens with zero attached hydrogens (tertiary/aromatic N) is 1. The van der Waals surface area contributed by atoms with Gasteiger partial charge in [-0.1, -0.05) is 5.16 Å². The fourth-order valence-electron chi connectivity index (χ4n) is 0.765. The van der Waals surface area contributed by atoms with E-state index in [0.717, 1.165) is 0 Å². The second-order valence-electron chi connectivity index (χ2n) is 2.30. The summed E-state index contributed by atoms with van der Waals surface area (Å²) in [5.74, 6) is -0.790. The number of carboxylic acid groups (broad SMARTS) is 1. The molecular formula is C6H9NO4. The number of ether oxygens (including phenoxy) is 1. The number of hydrogen-bond donors (Lipinski definition) is 1. The Morgan fingerprint density at radius 2 is 2.36 bits per heavy atom. The van der Waals surface area contributed by atoms with Crippen molar-refractivity contribution in [3.05, 3.63) is 0 Å². The summed E-state index contributed by atoms with van der Waals surface area (Å²) >= 11 is 0. The minimum atomic E-state index is -1.04. The molecule has 11 heavy (non-hydrogen) atoms. The van der Waals surface area contributed by atoms with E-state index in [-0.39, 0.29) is 5.90 Å². The van der Waals surface area contributed by atoms with E-state index in [1.807, 2.05) is 0 Å². The number of aliphatic carboxylic acids is 1. The highest BCUT2D eigenvalue weighted by molar-refractivity contribution is 5.80. The number of oxime groups is 1. The van der Waals surface area contributed by atoms with E-state index in [0.29, 0.717) is 0 Å². The van der Waals surface area contributed by atoms with Gasteiger partial charge in [0.1, 0.15) is 0 Å². The maximum Gasteiger partial charge on any atom is 0.349 e. The summed E-state index contributed by atoms with van der Waals surface area (Å²) in [6.07, 6.45) is -1.47. The Bertz CT molecular complexity index is 201. The molecule has 2 atom stereocenters. The molecule has 0 fully saturated rings. The van der Waals surface area contributed by atoms with Crippen LogP contribution in [0.3, 0.4) is 0 Å². The molecule has 1 heterocycles. The molecule has 0 aromatic rings. The fraction of sp³-hybridized carbons (Fsp3) is 0.667. The van der Waals surface area contributed by atoms with Gasteiger partial charge in [0.15, 0.2) is 6.10 Å². The van der Waals surface area contributed by atoms with Gasteiger partial charge >= 0.3 is 5.97 Å². The molecular weight excluding hydrogens is 150 g/mol. The van der Waals surface area contributed by atoms with Crippen LogP contribution >= 0.6 is 0 Å². The van der Waals surface area contributed by atoms with Crippen LogP contribution in [0.4, 0.5) is 0 Å². The van der Waals surface area contributed by atoms with Crippen LogP contribution in [0.25, 0.3) is 0 Å². The summed E-state index contributed by atoms with van der Waals surface area (Å²) in [6, 6.07) is 0. The van der Waals surface area contributed by atoms with E-state index < -0.39 is 18.2 Å². The fourth-order valence-corrected chi connectivity index (χ4v) is 0.765. The second kappa shape index (κ2) is 2.77. The zero-order chi connectivity index (χ0) is 8.43. The molecule has 0 spiro atoms. The minimum Gasteiger partial charge on any atom is -0.478 e. The second-order valence-corrected chi connectivity index (χ2v) is 2.30. The molecule has 5 heteroatoms. The summed E-state index contributed by atoms with van der Waals surface area (Å²) in [5.41, 5.74) is 0. The first-order chi connectivity index (χ1) is 5.11. The molecule has 62 valence electrons. The molecule has 2 unspecified atom stereocenters. The Kier molecular flexibility index (Phi) is 1.98. The van der Waals surface area contributed by atoms with E-state index >= 15 is 0 Å². The van der Waals surface area contributed by atoms with Crippen molar-refractivity contribution in [1.82, 2.24) is 0 Å². The average molecular weight is 159 g/mol. The molecule has 1 rings (SSSR count). The Morgan fingerprint density at radius 3 is 2.82 bits per heavy atom. The lowest BCUT2D eigenvalue weighted by Crippen LogP contribution is -2.40. The highest BCUT2D eigenvalue weighted by Gasteiger charge is 2.31. The standard InChI is InChI=1S/C6H9NO4/c1-3-5(6(8)9)10-4(2)7-11-3/h3,5H,1-2H3,(H,8,9). The SMILES string of the molecule is CC1=NOC(C)C(C(=O)O)O1. The van der Waals surface area contributed by atoms with Crippen molar-refractivity contribution < 1.29 is 19.5 Å². The van der Waals surface area contributed by atoms with E-state index in [9.17, 15) is 4.79 Å². The molecule has 0 aromatic heterocycles. The number of rotatable bonds is 1. The minimum absolute atomic E-state index is 0.246. The summed E-state index contributed by atoms with van der Waals surface area (Å²) in [4.78, 5) is 15.2. The van der Waals surface area contributed by atoms with Crippen molar-refractivity contribution in [2.24, 2.45) is 5.16 Å². The lowest BCUT2D eigenvalue weighted by molar-refractivity contribution is -0.157. The lowest BCUT2D eigenvalue weighted by atomic mass is 10.2. The first-order valence-corrected chi connectivity index (χ1v) is 3.21. The lowest BCUT2D eigenvalue weighted by Gasteiger charge is -2.23. The van der Waals surface area contributed by atoms with Crippen molar-refractivity contribution in [3.63, 3.8) is 0 Å². The van der Waals surface area contributed by atoms with E-state index in [2.05, 4.69) is 5.16 Å². The molecule has 0 saturated carbocycles. The van der Waals surface area contributed by atoms with Crippen LogP contribution in [0.2, 0.25) is 0 Å². The molecule has 0 amide bonds. The molecule has 1 aliphatic rings. The summed E-state index contributed by atoms with van der Waals surface area (Å²) in [5, 5.41) is 12.0. The predicted octanol–water partition coefficient (Wildman–Crippen LogP) is 0.208. The maximum atomic E-state index is 10.5. The largest absolute Gasteiger partial charge is 0.478 e. The molecule has 1 aliphatic heterocycles. The van der Waals surface area contributed by atoms with Gasteiger partial charge in [0.25, 0.3) is 0 Å². The molecule has 0 saturated heterocycles. The normalized spacial score (nSPS) is 29.8. The zero-order valence-electron chi connectivity index (χ0n) is 6.27. The predicted molar refractivity (Wildman–Crippen MR) is 36.2 cm³/mol. The smallest absolute Gasteiger partial charge is 0.349 e. The molecule has 5 nitrogen and oxygen atoms in total. The molecule has 1 N–H and O–H groups in total. The molecule has 0 aliphatic carbocycles. The quantitative estimate of drug-likeness (QED) is 0.593. The highest BCUT2D eigenvalue weighted by atomic mass is 16.7. The molecule has 0 radical (unpaired) electrons. The Balaban J connectivity index is 2.67. The third-order valence-electron chi connectivity index (χ3n) is 1.31. The topological polar surface area (TPSA) is 68.1 Å². The van der Waals surface area contributed by atoms with Crippen molar-refractivity contribution in [2.45, 2.75) is 26.1 Å².